The summed E-state index contributed by atoms with van der Waals surface area (Å²) in [5, 5.41) is 4.88. The van der Waals surface area contributed by atoms with Gasteiger partial charge in [-0.25, -0.2) is 9.37 Å². The van der Waals surface area contributed by atoms with Crippen molar-refractivity contribution in [2.45, 2.75) is 10.6 Å². The van der Waals surface area contributed by atoms with Crippen molar-refractivity contribution in [3.05, 3.63) is 123 Å². The van der Waals surface area contributed by atoms with Gasteiger partial charge in [0.1, 0.15) is 5.82 Å². The summed E-state index contributed by atoms with van der Waals surface area (Å²) in [7, 11) is 0. The van der Waals surface area contributed by atoms with Gasteiger partial charge in [0.05, 0.1) is 17.1 Å². The molecule has 0 spiro atoms. The molecule has 2 aromatic heterocycles. The average molecular weight is 545 g/mol. The van der Waals surface area contributed by atoms with E-state index in [4.69, 9.17) is 4.98 Å². The number of thioether (sulfide) groups is 1. The molecule has 8 heteroatoms. The molecule has 2 heterocycles. The van der Waals surface area contributed by atoms with Gasteiger partial charge in [-0.1, -0.05) is 52.3 Å². The van der Waals surface area contributed by atoms with Crippen molar-refractivity contribution in [1.29, 1.82) is 0 Å². The zero-order valence-electron chi connectivity index (χ0n) is 18.3. The molecular formula is C27H18BrFN4OS. The third kappa shape index (κ3) is 5.39. The molecule has 0 fully saturated rings. The summed E-state index contributed by atoms with van der Waals surface area (Å²) < 4.78 is 15.3. The third-order valence-electron chi connectivity index (χ3n) is 5.27. The Morgan fingerprint density at radius 1 is 0.971 bits per heavy atom. The molecule has 172 valence electrons. The summed E-state index contributed by atoms with van der Waals surface area (Å²) in [6.07, 6.45) is 5.08. The van der Waals surface area contributed by atoms with Gasteiger partial charge in [-0.05, 0) is 53.6 Å². The number of hydrogen-bond acceptors (Lipinski definition) is 5. The highest BCUT2D eigenvalue weighted by Crippen LogP contribution is 2.25. The Labute approximate surface area is 213 Å². The molecule has 5 nitrogen and oxygen atoms in total. The fourth-order valence-corrected chi connectivity index (χ4v) is 4.67. The van der Waals surface area contributed by atoms with Crippen LogP contribution in [0.1, 0.15) is 11.1 Å². The number of pyridine rings is 1. The Hall–Kier alpha value is -3.62. The number of hydrogen-bond donors (Lipinski definition) is 0. The van der Waals surface area contributed by atoms with Gasteiger partial charge in [0.25, 0.3) is 5.56 Å². The number of rotatable bonds is 6. The highest BCUT2D eigenvalue weighted by Gasteiger charge is 2.13. The van der Waals surface area contributed by atoms with Crippen molar-refractivity contribution in [1.82, 2.24) is 14.6 Å². The van der Waals surface area contributed by atoms with E-state index in [-0.39, 0.29) is 11.4 Å². The molecule has 0 bridgehead atoms. The van der Waals surface area contributed by atoms with Gasteiger partial charge in [0.15, 0.2) is 5.82 Å². The third-order valence-corrected chi connectivity index (χ3v) is 6.84. The zero-order valence-corrected chi connectivity index (χ0v) is 20.7. The van der Waals surface area contributed by atoms with Crippen LogP contribution in [0.3, 0.4) is 0 Å². The molecule has 0 unspecified atom stereocenters. The molecule has 0 aliphatic carbocycles. The Balaban J connectivity index is 1.52. The molecule has 0 saturated carbocycles. The van der Waals surface area contributed by atoms with Crippen molar-refractivity contribution in [2.24, 2.45) is 5.10 Å². The van der Waals surface area contributed by atoms with Crippen molar-refractivity contribution in [2.75, 3.05) is 0 Å². The molecular weight excluding hydrogens is 527 g/mol. The molecule has 0 radical (unpaired) electrons. The molecule has 5 rings (SSSR count). The van der Waals surface area contributed by atoms with E-state index >= 15 is 0 Å². The molecule has 35 heavy (non-hydrogen) atoms. The van der Waals surface area contributed by atoms with Gasteiger partial charge < -0.3 is 0 Å². The number of halogens is 2. The van der Waals surface area contributed by atoms with Crippen LogP contribution in [0.2, 0.25) is 0 Å². The Bertz CT molecular complexity index is 1570. The van der Waals surface area contributed by atoms with Gasteiger partial charge in [-0.3, -0.25) is 9.78 Å². The molecule has 0 aliphatic rings. The minimum Gasteiger partial charge on any atom is -0.267 e. The Kier molecular flexibility index (Phi) is 6.83. The van der Waals surface area contributed by atoms with Gasteiger partial charge in [-0.2, -0.15) is 9.78 Å². The van der Waals surface area contributed by atoms with Crippen LogP contribution in [-0.4, -0.2) is 20.9 Å². The lowest BCUT2D eigenvalue weighted by Gasteiger charge is -2.10. The summed E-state index contributed by atoms with van der Waals surface area (Å²) in [6, 6.07) is 23.2. The number of nitrogens with zero attached hydrogens (tertiary/aromatic N) is 4. The van der Waals surface area contributed by atoms with Crippen LogP contribution in [0.4, 0.5) is 4.39 Å². The topological polar surface area (TPSA) is 60.1 Å². The summed E-state index contributed by atoms with van der Waals surface area (Å²) in [6.45, 7) is 0. The smallest absolute Gasteiger partial charge is 0.267 e. The lowest BCUT2D eigenvalue weighted by Crippen LogP contribution is -2.20. The van der Waals surface area contributed by atoms with Crippen LogP contribution >= 0.6 is 27.7 Å². The summed E-state index contributed by atoms with van der Waals surface area (Å²) in [5.41, 5.74) is 2.87. The van der Waals surface area contributed by atoms with Gasteiger partial charge in [0.2, 0.25) is 0 Å². The molecule has 5 aromatic rings. The van der Waals surface area contributed by atoms with Crippen molar-refractivity contribution >= 4 is 44.8 Å². The first-order valence-corrected chi connectivity index (χ1v) is 12.5. The largest absolute Gasteiger partial charge is 0.282 e. The Morgan fingerprint density at radius 2 is 1.71 bits per heavy atom. The molecule has 0 N–H and O–H groups in total. The van der Waals surface area contributed by atoms with E-state index in [9.17, 15) is 9.18 Å². The predicted octanol–water partition coefficient (Wildman–Crippen LogP) is 6.53. The molecule has 0 aliphatic heterocycles. The van der Waals surface area contributed by atoms with E-state index in [2.05, 4.69) is 26.0 Å². The standard InChI is InChI=1S/C27H18BrFN4OS/c28-21-7-10-25-24(15-21)27(34)33(31-16-18-3-8-22(29)9-4-18)26(32-25)20-5-1-19(2-6-20)17-35-23-11-13-30-14-12-23/h1-16H,17H2. The zero-order chi connectivity index (χ0) is 24.2. The quantitative estimate of drug-likeness (QED) is 0.180. The maximum absolute atomic E-state index is 13.4. The SMILES string of the molecule is O=c1c2cc(Br)ccc2nc(-c2ccc(CSc3ccncc3)cc2)n1N=Cc1ccc(F)cc1. The first-order valence-electron chi connectivity index (χ1n) is 10.7. The highest BCUT2D eigenvalue weighted by molar-refractivity contribution is 9.10. The van der Waals surface area contributed by atoms with Crippen molar-refractivity contribution in [3.63, 3.8) is 0 Å². The number of benzene rings is 3. The van der Waals surface area contributed by atoms with Crippen LogP contribution in [0.25, 0.3) is 22.3 Å². The highest BCUT2D eigenvalue weighted by atomic mass is 79.9. The first-order chi connectivity index (χ1) is 17.1. The fourth-order valence-electron chi connectivity index (χ4n) is 3.47. The minimum atomic E-state index is -0.334. The minimum absolute atomic E-state index is 0.290. The average Bonchev–Trinajstić information content (AvgIpc) is 2.89. The molecule has 0 atom stereocenters. The second-order valence-electron chi connectivity index (χ2n) is 7.68. The van der Waals surface area contributed by atoms with Crippen LogP contribution in [0, 0.1) is 5.82 Å². The van der Waals surface area contributed by atoms with Crippen LogP contribution in [-0.2, 0) is 5.75 Å². The Morgan fingerprint density at radius 3 is 2.46 bits per heavy atom. The van der Waals surface area contributed by atoms with Crippen molar-refractivity contribution in [3.8, 4) is 11.4 Å². The van der Waals surface area contributed by atoms with Crippen LogP contribution in [0.15, 0.2) is 111 Å². The summed E-state index contributed by atoms with van der Waals surface area (Å²) in [5.74, 6) is 0.898. The van der Waals surface area contributed by atoms with Gasteiger partial charge in [-0.15, -0.1) is 11.8 Å². The number of aromatic nitrogens is 3. The van der Waals surface area contributed by atoms with E-state index in [0.29, 0.717) is 22.3 Å². The van der Waals surface area contributed by atoms with Crippen LogP contribution in [0.5, 0.6) is 0 Å². The van der Waals surface area contributed by atoms with Crippen molar-refractivity contribution < 1.29 is 4.39 Å². The van der Waals surface area contributed by atoms with E-state index in [1.807, 2.05) is 42.5 Å². The van der Waals surface area contributed by atoms with Gasteiger partial charge in [0, 0.05) is 33.1 Å². The maximum atomic E-state index is 13.4. The lowest BCUT2D eigenvalue weighted by molar-refractivity contribution is 0.628. The normalized spacial score (nSPS) is 11.4. The fraction of sp³-hybridized carbons (Fsp3) is 0.0370. The molecule has 0 amide bonds. The monoisotopic (exact) mass is 544 g/mol. The lowest BCUT2D eigenvalue weighted by atomic mass is 10.1. The van der Waals surface area contributed by atoms with Crippen LogP contribution < -0.4 is 5.56 Å². The number of fused-ring (bicyclic) bond motifs is 1. The van der Waals surface area contributed by atoms with E-state index in [0.717, 1.165) is 26.2 Å². The van der Waals surface area contributed by atoms with E-state index < -0.39 is 0 Å². The maximum Gasteiger partial charge on any atom is 0.282 e. The molecule has 3 aromatic carbocycles. The second-order valence-corrected chi connectivity index (χ2v) is 9.64. The first kappa shape index (κ1) is 23.1. The summed E-state index contributed by atoms with van der Waals surface area (Å²) >= 11 is 5.15. The van der Waals surface area contributed by atoms with E-state index in [1.165, 1.54) is 23.0 Å². The predicted molar refractivity (Wildman–Crippen MR) is 142 cm³/mol. The second kappa shape index (κ2) is 10.3. The molecule has 0 saturated heterocycles. The van der Waals surface area contributed by atoms with E-state index in [1.54, 1.807) is 48.4 Å². The summed E-state index contributed by atoms with van der Waals surface area (Å²) in [4.78, 5) is 23.3. The van der Waals surface area contributed by atoms with Gasteiger partial charge >= 0.3 is 0 Å².